The minimum absolute atomic E-state index is 0.0196. The maximum absolute atomic E-state index is 12.8. The Morgan fingerprint density at radius 1 is 1.33 bits per heavy atom. The van der Waals surface area contributed by atoms with E-state index in [1.54, 1.807) is 6.92 Å². The van der Waals surface area contributed by atoms with Gasteiger partial charge in [0.2, 0.25) is 10.0 Å². The number of hydrogen-bond acceptors (Lipinski definition) is 5. The lowest BCUT2D eigenvalue weighted by Gasteiger charge is -2.47. The third-order valence-electron chi connectivity index (χ3n) is 4.72. The summed E-state index contributed by atoms with van der Waals surface area (Å²) in [6.45, 7) is 3.56. The SMILES string of the molecule is CCOc1ccc(S(=O)(=O)N2CCC3(CCO3)CC2)cc1C(=O)O. The number of carboxylic acids is 1. The quantitative estimate of drug-likeness (QED) is 0.864. The molecule has 2 heterocycles. The molecule has 7 nitrogen and oxygen atoms in total. The average molecular weight is 355 g/mol. The van der Waals surface area contributed by atoms with Crippen LogP contribution in [0.2, 0.25) is 0 Å². The van der Waals surface area contributed by atoms with Crippen LogP contribution >= 0.6 is 0 Å². The van der Waals surface area contributed by atoms with Gasteiger partial charge in [-0.1, -0.05) is 0 Å². The smallest absolute Gasteiger partial charge is 0.339 e. The number of nitrogens with zero attached hydrogens (tertiary/aromatic N) is 1. The van der Waals surface area contributed by atoms with Gasteiger partial charge in [0.05, 0.1) is 23.7 Å². The zero-order valence-corrected chi connectivity index (χ0v) is 14.3. The third-order valence-corrected chi connectivity index (χ3v) is 6.61. The van der Waals surface area contributed by atoms with E-state index >= 15 is 0 Å². The second-order valence-electron chi connectivity index (χ2n) is 6.08. The van der Waals surface area contributed by atoms with Gasteiger partial charge in [0, 0.05) is 13.1 Å². The summed E-state index contributed by atoms with van der Waals surface area (Å²) in [4.78, 5) is 11.4. The van der Waals surface area contributed by atoms with Gasteiger partial charge in [-0.25, -0.2) is 13.2 Å². The molecule has 0 aromatic heterocycles. The first-order valence-electron chi connectivity index (χ1n) is 8.02. The lowest BCUT2D eigenvalue weighted by molar-refractivity contribution is -0.167. The first-order chi connectivity index (χ1) is 11.4. The van der Waals surface area contributed by atoms with E-state index in [9.17, 15) is 18.3 Å². The van der Waals surface area contributed by atoms with E-state index in [4.69, 9.17) is 9.47 Å². The van der Waals surface area contributed by atoms with Gasteiger partial charge in [0.25, 0.3) is 0 Å². The van der Waals surface area contributed by atoms with Gasteiger partial charge in [-0.15, -0.1) is 0 Å². The molecule has 8 heteroatoms. The van der Waals surface area contributed by atoms with Crippen molar-refractivity contribution in [1.29, 1.82) is 0 Å². The minimum atomic E-state index is -3.73. The highest BCUT2D eigenvalue weighted by Crippen LogP contribution is 2.38. The first-order valence-corrected chi connectivity index (χ1v) is 9.46. The van der Waals surface area contributed by atoms with Gasteiger partial charge in [-0.2, -0.15) is 4.31 Å². The number of ether oxygens (including phenoxy) is 2. The fourth-order valence-electron chi connectivity index (χ4n) is 3.19. The summed E-state index contributed by atoms with van der Waals surface area (Å²) < 4.78 is 37.9. The molecule has 132 valence electrons. The van der Waals surface area contributed by atoms with Gasteiger partial charge in [-0.05, 0) is 44.4 Å². The third kappa shape index (κ3) is 3.01. The molecule has 24 heavy (non-hydrogen) atoms. The normalized spacial score (nSPS) is 20.5. The lowest BCUT2D eigenvalue weighted by Crippen LogP contribution is -2.53. The maximum atomic E-state index is 12.8. The van der Waals surface area contributed by atoms with Crippen LogP contribution in [-0.4, -0.2) is 55.7 Å². The molecule has 1 N–H and O–H groups in total. The topological polar surface area (TPSA) is 93.1 Å². The number of sulfonamides is 1. The van der Waals surface area contributed by atoms with E-state index in [1.807, 2.05) is 0 Å². The van der Waals surface area contributed by atoms with Gasteiger partial charge in [-0.3, -0.25) is 0 Å². The van der Waals surface area contributed by atoms with Crippen LogP contribution in [0.3, 0.4) is 0 Å². The van der Waals surface area contributed by atoms with E-state index < -0.39 is 16.0 Å². The molecule has 0 aliphatic carbocycles. The Labute approximate surface area is 141 Å². The van der Waals surface area contributed by atoms with Crippen LogP contribution in [0.5, 0.6) is 5.75 Å². The first kappa shape index (κ1) is 17.2. The molecule has 1 aromatic carbocycles. The molecule has 2 aliphatic heterocycles. The Balaban J connectivity index is 1.84. The molecule has 0 radical (unpaired) electrons. The Morgan fingerprint density at radius 3 is 2.50 bits per heavy atom. The average Bonchev–Trinajstić information content (AvgIpc) is 2.53. The summed E-state index contributed by atoms with van der Waals surface area (Å²) >= 11 is 0. The van der Waals surface area contributed by atoms with Crippen LogP contribution in [0.1, 0.15) is 36.5 Å². The zero-order valence-electron chi connectivity index (χ0n) is 13.5. The maximum Gasteiger partial charge on any atom is 0.339 e. The molecule has 3 rings (SSSR count). The number of benzene rings is 1. The lowest BCUT2D eigenvalue weighted by atomic mass is 9.85. The van der Waals surface area contributed by atoms with Crippen LogP contribution in [0.4, 0.5) is 0 Å². The summed E-state index contributed by atoms with van der Waals surface area (Å²) in [6, 6.07) is 3.98. The predicted molar refractivity (Wildman–Crippen MR) is 85.9 cm³/mol. The van der Waals surface area contributed by atoms with Crippen molar-refractivity contribution in [2.75, 3.05) is 26.3 Å². The molecule has 0 bridgehead atoms. The van der Waals surface area contributed by atoms with Gasteiger partial charge >= 0.3 is 5.97 Å². The van der Waals surface area contributed by atoms with Crippen LogP contribution in [-0.2, 0) is 14.8 Å². The van der Waals surface area contributed by atoms with Crippen LogP contribution in [0.25, 0.3) is 0 Å². The molecule has 2 fully saturated rings. The number of piperidine rings is 1. The van der Waals surface area contributed by atoms with Crippen molar-refractivity contribution in [3.05, 3.63) is 23.8 Å². The van der Waals surface area contributed by atoms with Crippen molar-refractivity contribution < 1.29 is 27.8 Å². The molecule has 0 atom stereocenters. The fourth-order valence-corrected chi connectivity index (χ4v) is 4.65. The Kier molecular flexibility index (Phi) is 4.54. The molecular weight excluding hydrogens is 334 g/mol. The second-order valence-corrected chi connectivity index (χ2v) is 8.02. The predicted octanol–water partition coefficient (Wildman–Crippen LogP) is 1.73. The minimum Gasteiger partial charge on any atom is -0.493 e. The number of carbonyl (C=O) groups is 1. The molecule has 2 saturated heterocycles. The fraction of sp³-hybridized carbons (Fsp3) is 0.562. The molecule has 0 saturated carbocycles. The number of rotatable bonds is 5. The summed E-state index contributed by atoms with van der Waals surface area (Å²) in [5, 5.41) is 9.30. The van der Waals surface area contributed by atoms with Crippen molar-refractivity contribution in [2.45, 2.75) is 36.7 Å². The molecule has 0 amide bonds. The molecule has 2 aliphatic rings. The van der Waals surface area contributed by atoms with Crippen molar-refractivity contribution in [3.63, 3.8) is 0 Å². The summed E-state index contributed by atoms with van der Waals surface area (Å²) in [7, 11) is -3.73. The van der Waals surface area contributed by atoms with Crippen molar-refractivity contribution in [1.82, 2.24) is 4.31 Å². The molecule has 1 aromatic rings. The number of hydrogen-bond donors (Lipinski definition) is 1. The van der Waals surface area contributed by atoms with E-state index in [1.165, 1.54) is 22.5 Å². The van der Waals surface area contributed by atoms with E-state index in [0.29, 0.717) is 32.5 Å². The van der Waals surface area contributed by atoms with Gasteiger partial charge in [0.1, 0.15) is 11.3 Å². The Morgan fingerprint density at radius 2 is 2.00 bits per heavy atom. The summed E-state index contributed by atoms with van der Waals surface area (Å²) in [5.41, 5.74) is -0.286. The van der Waals surface area contributed by atoms with Crippen molar-refractivity contribution >= 4 is 16.0 Å². The standard InChI is InChI=1S/C16H21NO6S/c1-2-22-14-4-3-12(11-13(14)15(18)19)24(20,21)17-8-5-16(6-9-17)7-10-23-16/h3-4,11H,2,5-10H2,1H3,(H,18,19). The number of aromatic carboxylic acids is 1. The Bertz CT molecular complexity index is 731. The van der Waals surface area contributed by atoms with E-state index in [0.717, 1.165) is 13.0 Å². The highest BCUT2D eigenvalue weighted by Gasteiger charge is 2.43. The van der Waals surface area contributed by atoms with Crippen molar-refractivity contribution in [2.24, 2.45) is 0 Å². The second kappa shape index (κ2) is 6.34. The van der Waals surface area contributed by atoms with Crippen LogP contribution < -0.4 is 4.74 Å². The highest BCUT2D eigenvalue weighted by atomic mass is 32.2. The monoisotopic (exact) mass is 355 g/mol. The number of carboxylic acid groups (broad SMARTS) is 1. The largest absolute Gasteiger partial charge is 0.493 e. The van der Waals surface area contributed by atoms with Gasteiger partial charge in [0.15, 0.2) is 0 Å². The van der Waals surface area contributed by atoms with Crippen molar-refractivity contribution in [3.8, 4) is 5.75 Å². The van der Waals surface area contributed by atoms with Crippen LogP contribution in [0, 0.1) is 0 Å². The Hall–Kier alpha value is -1.64. The highest BCUT2D eigenvalue weighted by molar-refractivity contribution is 7.89. The van der Waals surface area contributed by atoms with E-state index in [-0.39, 0.29) is 21.8 Å². The van der Waals surface area contributed by atoms with Gasteiger partial charge < -0.3 is 14.6 Å². The molecule has 1 spiro atoms. The van der Waals surface area contributed by atoms with Crippen LogP contribution in [0.15, 0.2) is 23.1 Å². The van der Waals surface area contributed by atoms with E-state index in [2.05, 4.69) is 0 Å². The molecule has 0 unspecified atom stereocenters. The molecular formula is C16H21NO6S. The summed E-state index contributed by atoms with van der Waals surface area (Å²) in [5.74, 6) is -1.04. The zero-order chi connectivity index (χ0) is 17.4. The summed E-state index contributed by atoms with van der Waals surface area (Å²) in [6.07, 6.45) is 2.33.